The van der Waals surface area contributed by atoms with Crippen LogP contribution in [0.15, 0.2) is 133 Å². The molecule has 0 aliphatic carbocycles. The molecule has 0 aromatic heterocycles. The van der Waals surface area contributed by atoms with Gasteiger partial charge in [0.15, 0.2) is 0 Å². The maximum atomic E-state index is 14.9. The van der Waals surface area contributed by atoms with Crippen LogP contribution in [0.4, 0.5) is 0 Å². The first kappa shape index (κ1) is 64.9. The monoisotopic (exact) mass is 1180 g/mol. The van der Waals surface area contributed by atoms with E-state index in [1.807, 2.05) is 126 Å². The van der Waals surface area contributed by atoms with Gasteiger partial charge >= 0.3 is 0 Å². The number of amides is 8. The lowest BCUT2D eigenvalue weighted by Crippen LogP contribution is -2.59. The van der Waals surface area contributed by atoms with Gasteiger partial charge in [0.2, 0.25) is 35.4 Å². The second kappa shape index (κ2) is 28.5. The van der Waals surface area contributed by atoms with Crippen LogP contribution in [0.2, 0.25) is 0 Å². The fraction of sp³-hybridized carbons (Fsp3) is 0.424. The zero-order valence-electron chi connectivity index (χ0n) is 51.3. The van der Waals surface area contributed by atoms with Gasteiger partial charge in [0.25, 0.3) is 11.8 Å². The summed E-state index contributed by atoms with van der Waals surface area (Å²) in [6, 6.07) is 31.2. The number of rotatable bonds is 22. The minimum atomic E-state index is -1.07. The molecule has 0 saturated carbocycles. The van der Waals surface area contributed by atoms with Gasteiger partial charge in [-0.3, -0.25) is 38.4 Å². The van der Waals surface area contributed by atoms with Crippen molar-refractivity contribution in [3.63, 3.8) is 0 Å². The topological polar surface area (TPSA) is 258 Å². The first-order valence-electron chi connectivity index (χ1n) is 29.1. The summed E-state index contributed by atoms with van der Waals surface area (Å²) >= 11 is 0. The van der Waals surface area contributed by atoms with Crippen LogP contribution in [-0.4, -0.2) is 147 Å². The smallest absolute Gasteiger partial charge is 0.251 e. The summed E-state index contributed by atoms with van der Waals surface area (Å²) in [7, 11) is 6.42. The number of carbonyl (C=O) groups is 8. The molecule has 10 atom stereocenters. The number of nitrogens with zero attached hydrogens (tertiary/aromatic N) is 2. The SMILES string of the molecule is CN[C@@H](C)C(=O)N[C@H](C(=O)N1C[C@@H](NC(=O)c2ccc(C(=O)N[C@H]3C[C@@H](C(=O)N[C@@H](c4ccccc4)c4ccc(OC)cc4)N(C(=O)[C@@H](NC(=O)[C@H](C)NC)C(C)(C)C)C3)cc2)CC1C(=O)N[C@@H](c1ccccc1)c1ccc(OC)cc1)C(C)(C)C. The number of hydrogen-bond donors (Lipinski definition) is 8. The number of likely N-dealkylation sites (N-methyl/N-ethyl adjacent to an activating group) is 2. The number of carbonyl (C=O) groups excluding carboxylic acids is 8. The molecule has 2 heterocycles. The minimum absolute atomic E-state index is 0.0396. The fourth-order valence-electron chi connectivity index (χ4n) is 10.7. The van der Waals surface area contributed by atoms with Crippen LogP contribution < -0.4 is 52.0 Å². The highest BCUT2D eigenvalue weighted by Gasteiger charge is 2.48. The molecule has 0 bridgehead atoms. The molecule has 20 heteroatoms. The molecule has 86 heavy (non-hydrogen) atoms. The standard InChI is InChI=1S/C66H84N10O10/c1-39(67-9)57(77)73-55(65(3,4)5)63(83)75-37-47(35-51(75)61(81)71-53(41-19-15-13-16-20-41)43-27-31-49(85-11)32-28-43)69-59(79)45-23-25-46(26-24-45)60(80)70-48-36-52(76(38-48)64(84)56(66(6,7)8)74-58(78)40(2)68-10)62(82)72-54(42-21-17-14-18-22-42)44-29-33-50(86-12)34-30-44/h13-34,39-40,47-48,51-56,67-68H,35-38H2,1-12H3,(H,69,79)(H,70,80)(H,71,81)(H,72,82)(H,73,77)(H,74,78)/t39-,40-,47-,48-,51-,52?,53-,54-,55+,56+/m0/s1. The zero-order valence-corrected chi connectivity index (χ0v) is 51.3. The molecule has 2 aliphatic heterocycles. The molecule has 2 fully saturated rings. The molecule has 20 nitrogen and oxygen atoms in total. The van der Waals surface area contributed by atoms with Gasteiger partial charge in [-0.05, 0) is 122 Å². The van der Waals surface area contributed by atoms with Crippen molar-refractivity contribution >= 4 is 47.3 Å². The predicted octanol–water partition coefficient (Wildman–Crippen LogP) is 5.19. The summed E-state index contributed by atoms with van der Waals surface area (Å²) in [5, 5.41) is 24.1. The third-order valence-electron chi connectivity index (χ3n) is 16.0. The molecular formula is C66H84N10O10. The van der Waals surface area contributed by atoms with Crippen LogP contribution in [0.1, 0.15) is 123 Å². The Balaban J connectivity index is 1.11. The van der Waals surface area contributed by atoms with Crippen LogP contribution in [0.5, 0.6) is 11.5 Å². The maximum absolute atomic E-state index is 14.9. The van der Waals surface area contributed by atoms with Gasteiger partial charge in [0, 0.05) is 36.3 Å². The van der Waals surface area contributed by atoms with E-state index in [2.05, 4.69) is 42.5 Å². The Morgan fingerprint density at radius 3 is 1.06 bits per heavy atom. The van der Waals surface area contributed by atoms with Crippen LogP contribution in [0, 0.1) is 10.8 Å². The number of benzene rings is 5. The Hall–Kier alpha value is -8.62. The maximum Gasteiger partial charge on any atom is 0.251 e. The molecule has 2 aliphatic rings. The van der Waals surface area contributed by atoms with Gasteiger partial charge in [-0.1, -0.05) is 126 Å². The van der Waals surface area contributed by atoms with E-state index < -0.39 is 119 Å². The number of likely N-dealkylation sites (tertiary alicyclic amines) is 2. The van der Waals surface area contributed by atoms with Gasteiger partial charge in [-0.2, -0.15) is 0 Å². The van der Waals surface area contributed by atoms with Crippen LogP contribution >= 0.6 is 0 Å². The van der Waals surface area contributed by atoms with Crippen molar-refractivity contribution in [1.29, 1.82) is 0 Å². The van der Waals surface area contributed by atoms with E-state index in [1.165, 1.54) is 34.1 Å². The Morgan fingerprint density at radius 2 is 0.767 bits per heavy atom. The number of methoxy groups -OCH3 is 2. The molecule has 8 N–H and O–H groups in total. The minimum Gasteiger partial charge on any atom is -0.497 e. The van der Waals surface area contributed by atoms with Crippen molar-refractivity contribution < 1.29 is 47.8 Å². The van der Waals surface area contributed by atoms with Gasteiger partial charge in [0.1, 0.15) is 35.7 Å². The molecule has 0 radical (unpaired) electrons. The lowest BCUT2D eigenvalue weighted by Gasteiger charge is -2.36. The van der Waals surface area contributed by atoms with Crippen molar-refractivity contribution in [2.75, 3.05) is 41.4 Å². The summed E-state index contributed by atoms with van der Waals surface area (Å²) in [6.07, 6.45) is 0.0792. The van der Waals surface area contributed by atoms with E-state index in [4.69, 9.17) is 9.47 Å². The van der Waals surface area contributed by atoms with Crippen molar-refractivity contribution in [2.24, 2.45) is 10.8 Å². The lowest BCUT2D eigenvalue weighted by molar-refractivity contribution is -0.144. The first-order valence-corrected chi connectivity index (χ1v) is 29.1. The highest BCUT2D eigenvalue weighted by molar-refractivity contribution is 5.99. The molecule has 0 spiro atoms. The van der Waals surface area contributed by atoms with Crippen molar-refractivity contribution in [1.82, 2.24) is 52.3 Å². The Kier molecular flexibility index (Phi) is 21.5. The highest BCUT2D eigenvalue weighted by Crippen LogP contribution is 2.32. The van der Waals surface area contributed by atoms with Gasteiger partial charge in [-0.15, -0.1) is 0 Å². The lowest BCUT2D eigenvalue weighted by atomic mass is 9.85. The van der Waals surface area contributed by atoms with Crippen LogP contribution in [0.25, 0.3) is 0 Å². The van der Waals surface area contributed by atoms with E-state index in [0.29, 0.717) is 11.5 Å². The molecule has 7 rings (SSSR count). The number of nitrogens with one attached hydrogen (secondary N) is 8. The Morgan fingerprint density at radius 1 is 0.453 bits per heavy atom. The average molecular weight is 1180 g/mol. The second-order valence-corrected chi connectivity index (χ2v) is 24.3. The van der Waals surface area contributed by atoms with E-state index in [1.54, 1.807) is 66.4 Å². The highest BCUT2D eigenvalue weighted by atomic mass is 16.5. The predicted molar refractivity (Wildman–Crippen MR) is 328 cm³/mol. The van der Waals surface area contributed by atoms with Crippen LogP contribution in [0.3, 0.4) is 0 Å². The van der Waals surface area contributed by atoms with E-state index in [9.17, 15) is 38.4 Å². The molecule has 8 amide bonds. The largest absolute Gasteiger partial charge is 0.497 e. The Bertz CT molecular complexity index is 2960. The third kappa shape index (κ3) is 16.0. The summed E-state index contributed by atoms with van der Waals surface area (Å²) in [4.78, 5) is 117. The normalized spacial score (nSPS) is 18.9. The average Bonchev–Trinajstić information content (AvgIpc) is 2.93. The zero-order chi connectivity index (χ0) is 62.6. The van der Waals surface area contributed by atoms with Gasteiger partial charge in [-0.25, -0.2) is 0 Å². The van der Waals surface area contributed by atoms with Crippen molar-refractivity contribution in [3.8, 4) is 11.5 Å². The fourth-order valence-corrected chi connectivity index (χ4v) is 10.7. The van der Waals surface area contributed by atoms with Crippen molar-refractivity contribution in [3.05, 3.63) is 167 Å². The third-order valence-corrected chi connectivity index (χ3v) is 16.0. The van der Waals surface area contributed by atoms with Gasteiger partial charge < -0.3 is 61.8 Å². The van der Waals surface area contributed by atoms with E-state index in [-0.39, 0.29) is 37.1 Å². The Labute approximate surface area is 504 Å². The first-order chi connectivity index (χ1) is 40.8. The number of hydrogen-bond acceptors (Lipinski definition) is 12. The second-order valence-electron chi connectivity index (χ2n) is 24.3. The quantitative estimate of drug-likeness (QED) is 0.0446. The molecule has 2 saturated heterocycles. The van der Waals surface area contributed by atoms with Crippen molar-refractivity contribution in [2.45, 2.75) is 129 Å². The molecular weight excluding hydrogens is 1090 g/mol. The molecule has 1 unspecified atom stereocenters. The summed E-state index contributed by atoms with van der Waals surface area (Å²) < 4.78 is 10.8. The number of ether oxygens (including phenoxy) is 2. The van der Waals surface area contributed by atoms with Crippen LogP contribution in [-0.2, 0) is 28.8 Å². The summed E-state index contributed by atoms with van der Waals surface area (Å²) in [5.74, 6) is -2.49. The molecule has 5 aromatic rings. The summed E-state index contributed by atoms with van der Waals surface area (Å²) in [5.41, 5.74) is 1.92. The molecule has 5 aromatic carbocycles. The summed E-state index contributed by atoms with van der Waals surface area (Å²) in [6.45, 7) is 14.2. The van der Waals surface area contributed by atoms with E-state index >= 15 is 0 Å². The van der Waals surface area contributed by atoms with E-state index in [0.717, 1.165) is 22.3 Å². The van der Waals surface area contributed by atoms with Gasteiger partial charge in [0.05, 0.1) is 38.4 Å². The molecule has 458 valence electrons.